The number of nitrogens with zero attached hydrogens (tertiary/aromatic N) is 2. The second-order valence-electron chi connectivity index (χ2n) is 13.0. The van der Waals surface area contributed by atoms with Gasteiger partial charge in [-0.3, -0.25) is 15.3 Å². The average Bonchev–Trinajstić information content (AvgIpc) is 3.57. The Morgan fingerprint density at radius 2 is 1.34 bits per heavy atom. The van der Waals surface area contributed by atoms with Gasteiger partial charge in [-0.1, -0.05) is 140 Å². The molecule has 2 unspecified atom stereocenters. The van der Waals surface area contributed by atoms with E-state index in [0.717, 1.165) is 29.0 Å². The quantitative estimate of drug-likeness (QED) is 0.153. The van der Waals surface area contributed by atoms with E-state index in [1.54, 1.807) is 0 Å². The molecule has 3 nitrogen and oxygen atoms in total. The zero-order valence-electron chi connectivity index (χ0n) is 28.3. The fourth-order valence-corrected chi connectivity index (χ4v) is 8.22. The van der Waals surface area contributed by atoms with E-state index in [1.807, 2.05) is 11.3 Å². The van der Waals surface area contributed by atoms with Crippen molar-refractivity contribution in [1.82, 2.24) is 5.32 Å². The lowest BCUT2D eigenvalue weighted by molar-refractivity contribution is 0.483. The summed E-state index contributed by atoms with van der Waals surface area (Å²) >= 11 is 1.86. The minimum Gasteiger partial charge on any atom is -0.285 e. The third kappa shape index (κ3) is 6.60. The van der Waals surface area contributed by atoms with Crippen LogP contribution in [-0.4, -0.2) is 11.4 Å². The maximum Gasteiger partial charge on any atom is 0.127 e. The van der Waals surface area contributed by atoms with Crippen molar-refractivity contribution < 1.29 is 0 Å². The molecule has 0 saturated carbocycles. The van der Waals surface area contributed by atoms with Crippen LogP contribution in [0.4, 0.5) is 0 Å². The van der Waals surface area contributed by atoms with Crippen LogP contribution in [-0.2, 0) is 0 Å². The van der Waals surface area contributed by atoms with Gasteiger partial charge in [0.05, 0.1) is 11.8 Å². The normalized spacial score (nSPS) is 16.2. The number of allylic oxidation sites excluding steroid dienone is 1. The monoisotopic (exact) mass is 665 g/mol. The number of rotatable bonds is 9. The van der Waals surface area contributed by atoms with Crippen LogP contribution < -0.4 is 5.32 Å². The molecule has 0 aliphatic carbocycles. The minimum atomic E-state index is -0.295. The first-order valence-electron chi connectivity index (χ1n) is 17.4. The Bertz CT molecular complexity index is 2340. The molecule has 1 aliphatic heterocycles. The minimum absolute atomic E-state index is 0.0508. The van der Waals surface area contributed by atoms with Gasteiger partial charge in [0.1, 0.15) is 6.17 Å². The van der Waals surface area contributed by atoms with Gasteiger partial charge in [0.25, 0.3) is 0 Å². The van der Waals surface area contributed by atoms with E-state index in [4.69, 9.17) is 9.98 Å². The molecule has 244 valence electrons. The Hall–Kier alpha value is -5.42. The molecular weight excluding hydrogens is 627 g/mol. The van der Waals surface area contributed by atoms with Gasteiger partial charge >= 0.3 is 0 Å². The van der Waals surface area contributed by atoms with E-state index in [9.17, 15) is 0 Å². The summed E-state index contributed by atoms with van der Waals surface area (Å²) in [6, 6.07) is 56.1. The Balaban J connectivity index is 1.32. The molecule has 2 heterocycles. The number of fused-ring (bicyclic) bond motifs is 3. The third-order valence-electron chi connectivity index (χ3n) is 9.67. The molecule has 0 bridgehead atoms. The Morgan fingerprint density at radius 1 is 0.720 bits per heavy atom. The fraction of sp³-hybridized carbons (Fsp3) is 0.130. The van der Waals surface area contributed by atoms with Gasteiger partial charge in [-0.2, -0.15) is 0 Å². The molecule has 3 atom stereocenters. The van der Waals surface area contributed by atoms with E-state index in [1.165, 1.54) is 48.0 Å². The van der Waals surface area contributed by atoms with E-state index in [-0.39, 0.29) is 18.2 Å². The summed E-state index contributed by atoms with van der Waals surface area (Å²) in [5.41, 5.74) is 10.4. The molecule has 6 aromatic carbocycles. The maximum atomic E-state index is 5.49. The van der Waals surface area contributed by atoms with Gasteiger partial charge < -0.3 is 0 Å². The van der Waals surface area contributed by atoms with Crippen molar-refractivity contribution in [1.29, 1.82) is 0 Å². The fourth-order valence-electron chi connectivity index (χ4n) is 7.03. The predicted molar refractivity (Wildman–Crippen MR) is 213 cm³/mol. The Labute approximate surface area is 298 Å². The van der Waals surface area contributed by atoms with Crippen molar-refractivity contribution in [2.75, 3.05) is 0 Å². The van der Waals surface area contributed by atoms with Crippen LogP contribution in [0, 0.1) is 0 Å². The lowest BCUT2D eigenvalue weighted by Gasteiger charge is -2.26. The van der Waals surface area contributed by atoms with E-state index in [0.29, 0.717) is 0 Å². The van der Waals surface area contributed by atoms with Gasteiger partial charge in [-0.25, -0.2) is 0 Å². The Kier molecular flexibility index (Phi) is 9.04. The molecule has 1 N–H and O–H groups in total. The SMILES string of the molecule is CC(=NC(N[C@@H](C)c1ccccc1)c1cc(C2CC(c3ccccc3)=CC(c3ccccc3)=N2)cc2sc3ccccc3c12)c1ccccc1. The first-order valence-corrected chi connectivity index (χ1v) is 18.2. The van der Waals surface area contributed by atoms with Crippen molar-refractivity contribution in [3.05, 3.63) is 197 Å². The van der Waals surface area contributed by atoms with Gasteiger partial charge in [0, 0.05) is 37.5 Å². The highest BCUT2D eigenvalue weighted by Crippen LogP contribution is 2.43. The average molecular weight is 666 g/mol. The summed E-state index contributed by atoms with van der Waals surface area (Å²) in [7, 11) is 0. The summed E-state index contributed by atoms with van der Waals surface area (Å²) in [6.07, 6.45) is 2.80. The van der Waals surface area contributed by atoms with Crippen LogP contribution in [0.15, 0.2) is 174 Å². The first-order chi connectivity index (χ1) is 24.6. The van der Waals surface area contributed by atoms with Gasteiger partial charge in [0.2, 0.25) is 0 Å². The third-order valence-corrected chi connectivity index (χ3v) is 10.8. The molecule has 0 amide bonds. The zero-order chi connectivity index (χ0) is 33.9. The molecule has 0 fully saturated rings. The number of benzene rings is 6. The predicted octanol–water partition coefficient (Wildman–Crippen LogP) is 11.9. The van der Waals surface area contributed by atoms with Crippen LogP contribution in [0.25, 0.3) is 25.7 Å². The molecule has 0 saturated heterocycles. The highest BCUT2D eigenvalue weighted by molar-refractivity contribution is 7.25. The van der Waals surface area contributed by atoms with Gasteiger partial charge in [-0.15, -0.1) is 11.3 Å². The van der Waals surface area contributed by atoms with Gasteiger partial charge in [0.15, 0.2) is 0 Å². The first kappa shape index (κ1) is 31.8. The van der Waals surface area contributed by atoms with Gasteiger partial charge in [-0.05, 0) is 77.9 Å². The zero-order valence-corrected chi connectivity index (χ0v) is 29.1. The molecule has 0 radical (unpaired) electrons. The van der Waals surface area contributed by atoms with Crippen LogP contribution >= 0.6 is 11.3 Å². The molecule has 50 heavy (non-hydrogen) atoms. The number of nitrogens with one attached hydrogen (secondary N) is 1. The van der Waals surface area contributed by atoms with E-state index < -0.39 is 0 Å². The molecule has 1 aliphatic rings. The number of hydrogen-bond donors (Lipinski definition) is 1. The van der Waals surface area contributed by atoms with Crippen molar-refractivity contribution in [2.24, 2.45) is 9.98 Å². The lowest BCUT2D eigenvalue weighted by Crippen LogP contribution is -2.25. The molecule has 0 spiro atoms. The highest BCUT2D eigenvalue weighted by atomic mass is 32.1. The second kappa shape index (κ2) is 14.2. The van der Waals surface area contributed by atoms with Crippen LogP contribution in [0.2, 0.25) is 0 Å². The van der Waals surface area contributed by atoms with Crippen molar-refractivity contribution in [3.63, 3.8) is 0 Å². The lowest BCUT2D eigenvalue weighted by atomic mass is 9.88. The molecule has 4 heteroatoms. The summed E-state index contributed by atoms with van der Waals surface area (Å²) < 4.78 is 2.54. The van der Waals surface area contributed by atoms with E-state index >= 15 is 0 Å². The van der Waals surface area contributed by atoms with Crippen molar-refractivity contribution in [2.45, 2.75) is 38.5 Å². The number of hydrogen-bond acceptors (Lipinski definition) is 4. The topological polar surface area (TPSA) is 36.8 Å². The molecule has 7 aromatic rings. The summed E-state index contributed by atoms with van der Waals surface area (Å²) in [5.74, 6) is 0. The summed E-state index contributed by atoms with van der Waals surface area (Å²) in [4.78, 5) is 11.0. The van der Waals surface area contributed by atoms with Crippen LogP contribution in [0.1, 0.15) is 71.9 Å². The molecular formula is C46H39N3S. The van der Waals surface area contributed by atoms with Crippen molar-refractivity contribution >= 4 is 48.5 Å². The standard InChI is InChI=1S/C46H39N3S/c1-31(33-17-7-3-8-18-33)47-46(48-32(2)34-19-9-4-10-20-34)40-27-38(30-44-45(40)39-25-15-16-26-43(39)50-44)42-29-37(35-21-11-5-12-22-35)28-41(49-42)36-23-13-6-14-24-36/h3-28,30-31,42,46-47H,29H2,1-2H3/t31-,42?,46?/m0/s1. The van der Waals surface area contributed by atoms with Crippen molar-refractivity contribution in [3.8, 4) is 0 Å². The Morgan fingerprint density at radius 3 is 2.06 bits per heavy atom. The highest BCUT2D eigenvalue weighted by Gasteiger charge is 2.26. The second-order valence-corrected chi connectivity index (χ2v) is 14.1. The molecule has 1 aromatic heterocycles. The maximum absolute atomic E-state index is 5.49. The summed E-state index contributed by atoms with van der Waals surface area (Å²) in [6.45, 7) is 4.36. The largest absolute Gasteiger partial charge is 0.285 e. The number of thiophene rings is 1. The summed E-state index contributed by atoms with van der Waals surface area (Å²) in [5, 5.41) is 6.50. The van der Waals surface area contributed by atoms with Crippen LogP contribution in [0.3, 0.4) is 0 Å². The smallest absolute Gasteiger partial charge is 0.127 e. The number of aliphatic imine (C=N–C) groups is 2. The molecule has 8 rings (SSSR count). The van der Waals surface area contributed by atoms with E-state index in [2.05, 4.69) is 183 Å². The number of dihydropyridines is 1. The van der Waals surface area contributed by atoms with Crippen LogP contribution in [0.5, 0.6) is 0 Å².